The van der Waals surface area contributed by atoms with Crippen molar-refractivity contribution in [1.29, 1.82) is 0 Å². The second-order valence-corrected chi connectivity index (χ2v) is 5.87. The van der Waals surface area contributed by atoms with Crippen molar-refractivity contribution < 1.29 is 19.4 Å². The summed E-state index contributed by atoms with van der Waals surface area (Å²) in [5.74, 6) is -0.364. The number of hydrogen-bond donors (Lipinski definition) is 3. The molecule has 2 amide bonds. The van der Waals surface area contributed by atoms with Gasteiger partial charge in [0.1, 0.15) is 6.04 Å². The summed E-state index contributed by atoms with van der Waals surface area (Å²) >= 11 is 0. The van der Waals surface area contributed by atoms with Crippen LogP contribution in [0.1, 0.15) is 52.9 Å². The Kier molecular flexibility index (Phi) is 10.7. The molecule has 0 bridgehead atoms. The monoisotopic (exact) mass is 302 g/mol. The molecule has 6 nitrogen and oxygen atoms in total. The average Bonchev–Trinajstić information content (AvgIpc) is 2.36. The average molecular weight is 302 g/mol. The zero-order valence-electron chi connectivity index (χ0n) is 13.6. The fraction of sp³-hybridized carbons (Fsp3) is 0.867. The van der Waals surface area contributed by atoms with Crippen LogP contribution in [0.5, 0.6) is 0 Å². The van der Waals surface area contributed by atoms with Crippen molar-refractivity contribution in [3.63, 3.8) is 0 Å². The fourth-order valence-corrected chi connectivity index (χ4v) is 2.02. The second-order valence-electron chi connectivity index (χ2n) is 5.87. The lowest BCUT2D eigenvalue weighted by molar-refractivity contribution is -0.139. The highest BCUT2D eigenvalue weighted by atomic mass is 16.5. The number of hydrogen-bond acceptors (Lipinski definition) is 3. The molecule has 0 aromatic rings. The molecule has 0 spiro atoms. The molecule has 0 aromatic heterocycles. The van der Waals surface area contributed by atoms with Crippen molar-refractivity contribution in [2.75, 3.05) is 13.7 Å². The van der Waals surface area contributed by atoms with E-state index in [9.17, 15) is 9.59 Å². The third kappa shape index (κ3) is 11.1. The van der Waals surface area contributed by atoms with Crippen LogP contribution < -0.4 is 10.6 Å². The molecular weight excluding hydrogens is 272 g/mol. The van der Waals surface area contributed by atoms with Crippen LogP contribution in [0.4, 0.5) is 4.79 Å². The van der Waals surface area contributed by atoms with Crippen LogP contribution in [-0.2, 0) is 9.53 Å². The van der Waals surface area contributed by atoms with Crippen LogP contribution in [0, 0.1) is 5.92 Å². The molecule has 0 aliphatic heterocycles. The maximum atomic E-state index is 11.8. The number of methoxy groups -OCH3 is 1. The maximum absolute atomic E-state index is 11.8. The number of carbonyl (C=O) groups is 2. The van der Waals surface area contributed by atoms with Gasteiger partial charge in [0, 0.05) is 19.8 Å². The van der Waals surface area contributed by atoms with Crippen LogP contribution in [-0.4, -0.2) is 42.9 Å². The van der Waals surface area contributed by atoms with E-state index in [0.29, 0.717) is 25.4 Å². The molecule has 0 rings (SSSR count). The highest BCUT2D eigenvalue weighted by molar-refractivity contribution is 5.82. The maximum Gasteiger partial charge on any atom is 0.326 e. The summed E-state index contributed by atoms with van der Waals surface area (Å²) in [5, 5.41) is 14.4. The van der Waals surface area contributed by atoms with Crippen molar-refractivity contribution in [3.05, 3.63) is 0 Å². The van der Waals surface area contributed by atoms with Gasteiger partial charge < -0.3 is 20.5 Å². The van der Waals surface area contributed by atoms with Crippen LogP contribution in [0.15, 0.2) is 0 Å². The first-order valence-electron chi connectivity index (χ1n) is 7.65. The highest BCUT2D eigenvalue weighted by Crippen LogP contribution is 2.08. The molecule has 0 fully saturated rings. The second kappa shape index (κ2) is 11.4. The lowest BCUT2D eigenvalue weighted by atomic mass is 10.0. The van der Waals surface area contributed by atoms with E-state index in [1.54, 1.807) is 7.11 Å². The number of amides is 2. The minimum Gasteiger partial charge on any atom is -0.480 e. The summed E-state index contributed by atoms with van der Waals surface area (Å²) in [6.07, 6.45) is 4.03. The molecule has 6 heteroatoms. The highest BCUT2D eigenvalue weighted by Gasteiger charge is 2.20. The van der Waals surface area contributed by atoms with E-state index in [1.165, 1.54) is 0 Å². The number of ether oxygens (including phenoxy) is 1. The molecule has 2 atom stereocenters. The Hall–Kier alpha value is -1.30. The van der Waals surface area contributed by atoms with E-state index in [-0.39, 0.29) is 6.04 Å². The van der Waals surface area contributed by atoms with E-state index in [2.05, 4.69) is 24.5 Å². The summed E-state index contributed by atoms with van der Waals surface area (Å²) in [6, 6.07) is -1.25. The van der Waals surface area contributed by atoms with Gasteiger partial charge >= 0.3 is 12.0 Å². The Morgan fingerprint density at radius 2 is 1.71 bits per heavy atom. The molecule has 0 aliphatic carbocycles. The predicted molar refractivity (Wildman–Crippen MR) is 82.4 cm³/mol. The molecule has 3 N–H and O–H groups in total. The Bertz CT molecular complexity index is 308. The molecule has 0 aromatic carbocycles. The van der Waals surface area contributed by atoms with Crippen molar-refractivity contribution in [3.8, 4) is 0 Å². The van der Waals surface area contributed by atoms with Crippen molar-refractivity contribution in [1.82, 2.24) is 10.6 Å². The first kappa shape index (κ1) is 19.7. The molecule has 21 heavy (non-hydrogen) atoms. The fourth-order valence-electron chi connectivity index (χ4n) is 2.02. The number of urea groups is 1. The van der Waals surface area contributed by atoms with Gasteiger partial charge in [0.05, 0.1) is 0 Å². The van der Waals surface area contributed by atoms with Gasteiger partial charge in [-0.2, -0.15) is 0 Å². The number of carbonyl (C=O) groups excluding carboxylic acids is 1. The van der Waals surface area contributed by atoms with Crippen LogP contribution in [0.3, 0.4) is 0 Å². The van der Waals surface area contributed by atoms with Gasteiger partial charge in [0.25, 0.3) is 0 Å². The van der Waals surface area contributed by atoms with Gasteiger partial charge in [-0.3, -0.25) is 0 Å². The molecule has 0 saturated heterocycles. The summed E-state index contributed by atoms with van der Waals surface area (Å²) in [5.41, 5.74) is 0. The van der Waals surface area contributed by atoms with Crippen LogP contribution >= 0.6 is 0 Å². The molecule has 0 saturated carbocycles. The lowest BCUT2D eigenvalue weighted by Gasteiger charge is -2.18. The summed E-state index contributed by atoms with van der Waals surface area (Å²) in [7, 11) is 1.56. The quantitative estimate of drug-likeness (QED) is 0.511. The summed E-state index contributed by atoms with van der Waals surface area (Å²) in [4.78, 5) is 22.9. The largest absolute Gasteiger partial charge is 0.480 e. The predicted octanol–water partition coefficient (Wildman–Crippen LogP) is 2.38. The molecular formula is C15H30N2O4. The van der Waals surface area contributed by atoms with Crippen LogP contribution in [0.2, 0.25) is 0 Å². The van der Waals surface area contributed by atoms with Gasteiger partial charge in [0.15, 0.2) is 0 Å². The van der Waals surface area contributed by atoms with E-state index in [4.69, 9.17) is 9.84 Å². The number of rotatable bonds is 11. The van der Waals surface area contributed by atoms with Gasteiger partial charge in [-0.1, -0.05) is 26.7 Å². The third-order valence-electron chi connectivity index (χ3n) is 3.24. The zero-order valence-corrected chi connectivity index (χ0v) is 13.6. The SMILES string of the molecule is COCCCC(NC(=O)NC(C)CCCC(C)C)C(=O)O. The number of carboxylic acids is 1. The normalized spacial score (nSPS) is 13.8. The van der Waals surface area contributed by atoms with Crippen molar-refractivity contribution in [2.24, 2.45) is 5.92 Å². The van der Waals surface area contributed by atoms with Crippen molar-refractivity contribution in [2.45, 2.75) is 65.0 Å². The molecule has 0 heterocycles. The Labute approximate surface area is 127 Å². The first-order valence-corrected chi connectivity index (χ1v) is 7.65. The Morgan fingerprint density at radius 3 is 2.24 bits per heavy atom. The minimum absolute atomic E-state index is 0.0390. The standard InChI is InChI=1S/C15H30N2O4/c1-11(2)7-5-8-12(3)16-15(20)17-13(14(18)19)9-6-10-21-4/h11-13H,5-10H2,1-4H3,(H,18,19)(H2,16,17,20). The zero-order chi connectivity index (χ0) is 16.3. The van der Waals surface area contributed by atoms with E-state index >= 15 is 0 Å². The summed E-state index contributed by atoms with van der Waals surface area (Å²) in [6.45, 7) is 6.75. The van der Waals surface area contributed by atoms with Gasteiger partial charge in [-0.25, -0.2) is 9.59 Å². The van der Waals surface area contributed by atoms with E-state index in [0.717, 1.165) is 19.3 Å². The smallest absolute Gasteiger partial charge is 0.326 e. The van der Waals surface area contributed by atoms with Crippen LogP contribution in [0.25, 0.3) is 0 Å². The van der Waals surface area contributed by atoms with E-state index < -0.39 is 18.0 Å². The summed E-state index contributed by atoms with van der Waals surface area (Å²) < 4.78 is 4.88. The van der Waals surface area contributed by atoms with Gasteiger partial charge in [-0.15, -0.1) is 0 Å². The topological polar surface area (TPSA) is 87.7 Å². The molecule has 2 unspecified atom stereocenters. The lowest BCUT2D eigenvalue weighted by Crippen LogP contribution is -2.48. The number of carboxylic acid groups (broad SMARTS) is 1. The molecule has 0 aliphatic rings. The van der Waals surface area contributed by atoms with Gasteiger partial charge in [-0.05, 0) is 32.1 Å². The number of aliphatic carboxylic acids is 1. The van der Waals surface area contributed by atoms with Crippen molar-refractivity contribution >= 4 is 12.0 Å². The Morgan fingerprint density at radius 1 is 1.05 bits per heavy atom. The van der Waals surface area contributed by atoms with Gasteiger partial charge in [0.2, 0.25) is 0 Å². The number of nitrogens with one attached hydrogen (secondary N) is 2. The van der Waals surface area contributed by atoms with E-state index in [1.807, 2.05) is 6.92 Å². The molecule has 0 radical (unpaired) electrons. The first-order chi connectivity index (χ1) is 9.86. The Balaban J connectivity index is 4.03. The molecule has 124 valence electrons. The third-order valence-corrected chi connectivity index (χ3v) is 3.24. The minimum atomic E-state index is -1.02.